The first kappa shape index (κ1) is 12.5. The number of nitrogens with zero attached hydrogens (tertiary/aromatic N) is 3. The largest absolute Gasteiger partial charge is 0.357 e. The van der Waals surface area contributed by atoms with E-state index in [9.17, 15) is 9.59 Å². The van der Waals surface area contributed by atoms with E-state index in [1.165, 1.54) is 13.4 Å². The molecule has 2 amide bonds. The summed E-state index contributed by atoms with van der Waals surface area (Å²) in [5, 5.41) is 3.91. The van der Waals surface area contributed by atoms with Gasteiger partial charge in [0, 0.05) is 12.4 Å². The normalized spacial score (nSPS) is 18.9. The number of likely N-dealkylation sites (tertiary alicyclic amines) is 1. The Balaban J connectivity index is 1.97. The minimum atomic E-state index is -0.550. The van der Waals surface area contributed by atoms with Gasteiger partial charge in [-0.1, -0.05) is 11.6 Å². The fourth-order valence-electron chi connectivity index (χ4n) is 2.32. The maximum Gasteiger partial charge on any atom is 0.251 e. The molecule has 1 aromatic carbocycles. The lowest BCUT2D eigenvalue weighted by atomic mass is 10.1. The second-order valence-corrected chi connectivity index (χ2v) is 4.93. The zero-order valence-electron chi connectivity index (χ0n) is 11.3. The quantitative estimate of drug-likeness (QED) is 0.827. The summed E-state index contributed by atoms with van der Waals surface area (Å²) in [6.07, 6.45) is 1.61. The maximum absolute atomic E-state index is 11.9. The van der Waals surface area contributed by atoms with Gasteiger partial charge in [-0.2, -0.15) is 0 Å². The zero-order valence-corrected chi connectivity index (χ0v) is 11.3. The van der Waals surface area contributed by atoms with Gasteiger partial charge in [-0.3, -0.25) is 14.5 Å². The van der Waals surface area contributed by atoms with Crippen molar-refractivity contribution in [1.82, 2.24) is 14.9 Å². The fourth-order valence-corrected chi connectivity index (χ4v) is 2.32. The number of imide groups is 1. The van der Waals surface area contributed by atoms with Crippen molar-refractivity contribution in [3.63, 3.8) is 0 Å². The van der Waals surface area contributed by atoms with Gasteiger partial charge in [0.15, 0.2) is 0 Å². The van der Waals surface area contributed by atoms with E-state index in [0.717, 1.165) is 21.4 Å². The zero-order chi connectivity index (χ0) is 14.3. The molecule has 102 valence electrons. The Morgan fingerprint density at radius 2 is 2.10 bits per heavy atom. The molecule has 20 heavy (non-hydrogen) atoms. The Labute approximate surface area is 115 Å². The molecule has 1 aliphatic heterocycles. The van der Waals surface area contributed by atoms with E-state index in [4.69, 9.17) is 0 Å². The SMILES string of the molecule is Cc1ccc2ncnc(N[C@H]3CC(=O)N(C)C3=O)c2c1. The number of carbonyl (C=O) groups is 2. The number of hydrogen-bond donors (Lipinski definition) is 1. The van der Waals surface area contributed by atoms with Gasteiger partial charge < -0.3 is 5.32 Å². The summed E-state index contributed by atoms with van der Waals surface area (Å²) in [4.78, 5) is 33.0. The molecule has 1 atom stereocenters. The Morgan fingerprint density at radius 3 is 2.80 bits per heavy atom. The molecule has 3 rings (SSSR count). The molecule has 0 saturated carbocycles. The molecule has 0 radical (unpaired) electrons. The lowest BCUT2D eigenvalue weighted by Gasteiger charge is -2.13. The highest BCUT2D eigenvalue weighted by molar-refractivity contribution is 6.07. The third-order valence-electron chi connectivity index (χ3n) is 3.48. The van der Waals surface area contributed by atoms with Gasteiger partial charge in [-0.05, 0) is 19.1 Å². The first-order chi connectivity index (χ1) is 9.56. The number of aromatic nitrogens is 2. The number of hydrogen-bond acceptors (Lipinski definition) is 5. The summed E-state index contributed by atoms with van der Waals surface area (Å²) >= 11 is 0. The minimum absolute atomic E-state index is 0.159. The van der Waals surface area contributed by atoms with Gasteiger partial charge in [0.05, 0.1) is 11.9 Å². The van der Waals surface area contributed by atoms with Crippen LogP contribution in [0.5, 0.6) is 0 Å². The van der Waals surface area contributed by atoms with E-state index in [-0.39, 0.29) is 18.2 Å². The second-order valence-electron chi connectivity index (χ2n) is 4.93. The first-order valence-electron chi connectivity index (χ1n) is 6.34. The molecule has 0 aliphatic carbocycles. The second kappa shape index (κ2) is 4.56. The lowest BCUT2D eigenvalue weighted by Crippen LogP contribution is -2.32. The van der Waals surface area contributed by atoms with E-state index in [1.54, 1.807) is 0 Å². The van der Waals surface area contributed by atoms with Gasteiger partial charge in [-0.15, -0.1) is 0 Å². The molecule has 1 aromatic heterocycles. The van der Waals surface area contributed by atoms with E-state index in [1.807, 2.05) is 25.1 Å². The number of carbonyl (C=O) groups excluding carboxylic acids is 2. The van der Waals surface area contributed by atoms with Gasteiger partial charge in [0.2, 0.25) is 5.91 Å². The molecule has 6 nitrogen and oxygen atoms in total. The molecule has 1 N–H and O–H groups in total. The molecule has 1 saturated heterocycles. The van der Waals surface area contributed by atoms with Crippen LogP contribution in [0, 0.1) is 6.92 Å². The molecule has 0 bridgehead atoms. The average molecular weight is 270 g/mol. The van der Waals surface area contributed by atoms with Crippen LogP contribution in [-0.2, 0) is 9.59 Å². The monoisotopic (exact) mass is 270 g/mol. The third kappa shape index (κ3) is 1.99. The minimum Gasteiger partial charge on any atom is -0.357 e. The first-order valence-corrected chi connectivity index (χ1v) is 6.34. The molecule has 6 heteroatoms. The van der Waals surface area contributed by atoms with Crippen molar-refractivity contribution in [2.24, 2.45) is 0 Å². The van der Waals surface area contributed by atoms with Gasteiger partial charge in [0.1, 0.15) is 18.2 Å². The average Bonchev–Trinajstić information content (AvgIpc) is 2.67. The smallest absolute Gasteiger partial charge is 0.251 e. The van der Waals surface area contributed by atoms with Crippen molar-refractivity contribution in [3.8, 4) is 0 Å². The summed E-state index contributed by atoms with van der Waals surface area (Å²) in [5.41, 5.74) is 1.89. The highest BCUT2D eigenvalue weighted by Crippen LogP contribution is 2.23. The van der Waals surface area contributed by atoms with Crippen LogP contribution in [0.25, 0.3) is 10.9 Å². The van der Waals surface area contributed by atoms with E-state index in [0.29, 0.717) is 5.82 Å². The molecule has 2 heterocycles. The highest BCUT2D eigenvalue weighted by atomic mass is 16.2. The van der Waals surface area contributed by atoms with E-state index < -0.39 is 6.04 Å². The number of benzene rings is 1. The van der Waals surface area contributed by atoms with E-state index >= 15 is 0 Å². The van der Waals surface area contributed by atoms with Gasteiger partial charge in [-0.25, -0.2) is 9.97 Å². The number of fused-ring (bicyclic) bond motifs is 1. The topological polar surface area (TPSA) is 75.2 Å². The van der Waals surface area contributed by atoms with Gasteiger partial charge in [0.25, 0.3) is 5.91 Å². The van der Waals surface area contributed by atoms with Crippen molar-refractivity contribution in [1.29, 1.82) is 0 Å². The number of nitrogens with one attached hydrogen (secondary N) is 1. The van der Waals surface area contributed by atoms with Crippen molar-refractivity contribution in [2.45, 2.75) is 19.4 Å². The van der Waals surface area contributed by atoms with Crippen LogP contribution in [0.1, 0.15) is 12.0 Å². The molecule has 2 aromatic rings. The van der Waals surface area contributed by atoms with E-state index in [2.05, 4.69) is 15.3 Å². The van der Waals surface area contributed by atoms with Crippen LogP contribution in [0.15, 0.2) is 24.5 Å². The molecule has 0 unspecified atom stereocenters. The summed E-state index contributed by atoms with van der Waals surface area (Å²) in [6, 6.07) is 5.29. The fraction of sp³-hybridized carbons (Fsp3) is 0.286. The summed E-state index contributed by atoms with van der Waals surface area (Å²) < 4.78 is 0. The van der Waals surface area contributed by atoms with Crippen molar-refractivity contribution in [2.75, 3.05) is 12.4 Å². The Hall–Kier alpha value is -2.50. The number of rotatable bonds is 2. The summed E-state index contributed by atoms with van der Waals surface area (Å²) in [6.45, 7) is 1.98. The lowest BCUT2D eigenvalue weighted by molar-refractivity contribution is -0.136. The van der Waals surface area contributed by atoms with Crippen molar-refractivity contribution < 1.29 is 9.59 Å². The summed E-state index contributed by atoms with van der Waals surface area (Å²) in [7, 11) is 1.49. The maximum atomic E-state index is 11.9. The van der Waals surface area contributed by atoms with Crippen LogP contribution >= 0.6 is 0 Å². The molecule has 1 fully saturated rings. The van der Waals surface area contributed by atoms with Crippen LogP contribution < -0.4 is 5.32 Å². The molecule has 1 aliphatic rings. The Bertz CT molecular complexity index is 713. The molecule has 0 spiro atoms. The molecular weight excluding hydrogens is 256 g/mol. The number of anilines is 1. The summed E-state index contributed by atoms with van der Waals surface area (Å²) in [5.74, 6) is 0.177. The van der Waals surface area contributed by atoms with Crippen molar-refractivity contribution in [3.05, 3.63) is 30.1 Å². The van der Waals surface area contributed by atoms with Crippen LogP contribution in [0.3, 0.4) is 0 Å². The Morgan fingerprint density at radius 1 is 1.30 bits per heavy atom. The number of likely N-dealkylation sites (N-methyl/N-ethyl adjacent to an activating group) is 1. The highest BCUT2D eigenvalue weighted by Gasteiger charge is 2.36. The number of amides is 2. The third-order valence-corrected chi connectivity index (χ3v) is 3.48. The van der Waals surface area contributed by atoms with Gasteiger partial charge >= 0.3 is 0 Å². The predicted octanol–water partition coefficient (Wildman–Crippen LogP) is 1.11. The van der Waals surface area contributed by atoms with Crippen LogP contribution in [-0.4, -0.2) is 39.8 Å². The number of aryl methyl sites for hydroxylation is 1. The predicted molar refractivity (Wildman–Crippen MR) is 74.1 cm³/mol. The standard InChI is InChI=1S/C14H14N4O2/c1-8-3-4-10-9(5-8)13(16-7-15-10)17-11-6-12(19)18(2)14(11)20/h3-5,7,11H,6H2,1-2H3,(H,15,16,17)/t11-/m0/s1. The van der Waals surface area contributed by atoms with Crippen molar-refractivity contribution >= 4 is 28.5 Å². The Kier molecular flexibility index (Phi) is 2.85. The molecular formula is C14H14N4O2. The van der Waals surface area contributed by atoms with Crippen LogP contribution in [0.4, 0.5) is 5.82 Å². The van der Waals surface area contributed by atoms with Crippen LogP contribution in [0.2, 0.25) is 0 Å².